The molecule has 1 aromatic carbocycles. The molecule has 0 radical (unpaired) electrons. The van der Waals surface area contributed by atoms with Crippen LogP contribution in [-0.2, 0) is 0 Å². The summed E-state index contributed by atoms with van der Waals surface area (Å²) in [5.74, 6) is 0. The van der Waals surface area contributed by atoms with Crippen molar-refractivity contribution in [2.24, 2.45) is 0 Å². The molecule has 5 nitrogen and oxygen atoms in total. The molecule has 0 aromatic heterocycles. The van der Waals surface area contributed by atoms with Gasteiger partial charge in [-0.25, -0.2) is 0 Å². The molecular formula is C10H13ClN2O3. The van der Waals surface area contributed by atoms with Crippen molar-refractivity contribution in [3.63, 3.8) is 0 Å². The Morgan fingerprint density at radius 1 is 1.62 bits per heavy atom. The molecule has 2 N–H and O–H groups in total. The minimum absolute atomic E-state index is 0.0451. The average Bonchev–Trinajstić information content (AvgIpc) is 2.25. The molecule has 1 aromatic rings. The van der Waals surface area contributed by atoms with Gasteiger partial charge in [0.25, 0.3) is 5.69 Å². The van der Waals surface area contributed by atoms with E-state index >= 15 is 0 Å². The van der Waals surface area contributed by atoms with Crippen molar-refractivity contribution in [3.8, 4) is 0 Å². The van der Waals surface area contributed by atoms with E-state index in [4.69, 9.17) is 16.7 Å². The monoisotopic (exact) mass is 244 g/mol. The zero-order chi connectivity index (χ0) is 12.1. The van der Waals surface area contributed by atoms with Crippen LogP contribution in [0.1, 0.15) is 13.3 Å². The first kappa shape index (κ1) is 12.7. The molecular weight excluding hydrogens is 232 g/mol. The number of halogens is 1. The van der Waals surface area contributed by atoms with E-state index in [0.29, 0.717) is 17.1 Å². The number of nitro benzene ring substituents is 1. The number of nitro groups is 1. The average molecular weight is 245 g/mol. The number of hydrogen-bond acceptors (Lipinski definition) is 4. The molecule has 0 aliphatic carbocycles. The Balaban J connectivity index is 3.00. The summed E-state index contributed by atoms with van der Waals surface area (Å²) in [4.78, 5) is 10.3. The van der Waals surface area contributed by atoms with Gasteiger partial charge < -0.3 is 10.4 Å². The lowest BCUT2D eigenvalue weighted by Gasteiger charge is -2.15. The van der Waals surface area contributed by atoms with Crippen molar-refractivity contribution in [1.82, 2.24) is 0 Å². The lowest BCUT2D eigenvalue weighted by atomic mass is 10.2. The van der Waals surface area contributed by atoms with E-state index in [2.05, 4.69) is 5.32 Å². The van der Waals surface area contributed by atoms with Crippen LogP contribution in [0.5, 0.6) is 0 Å². The molecule has 0 fully saturated rings. The Labute approximate surface area is 98.2 Å². The Morgan fingerprint density at radius 2 is 2.31 bits per heavy atom. The van der Waals surface area contributed by atoms with Crippen LogP contribution < -0.4 is 5.32 Å². The normalized spacial score (nSPS) is 12.2. The zero-order valence-corrected chi connectivity index (χ0v) is 9.57. The second-order valence-corrected chi connectivity index (χ2v) is 3.79. The summed E-state index contributed by atoms with van der Waals surface area (Å²) in [6, 6.07) is 4.08. The van der Waals surface area contributed by atoms with Crippen molar-refractivity contribution < 1.29 is 10.0 Å². The summed E-state index contributed by atoms with van der Waals surface area (Å²) < 4.78 is 0. The first-order chi connectivity index (χ1) is 7.58. The van der Waals surface area contributed by atoms with Crippen LogP contribution in [0.3, 0.4) is 0 Å². The molecule has 0 saturated carbocycles. The van der Waals surface area contributed by atoms with Gasteiger partial charge in [0.2, 0.25) is 0 Å². The Bertz CT molecular complexity index is 380. The van der Waals surface area contributed by atoms with Crippen LogP contribution in [0.2, 0.25) is 5.02 Å². The molecule has 0 unspecified atom stereocenters. The molecule has 0 aliphatic rings. The molecule has 88 valence electrons. The van der Waals surface area contributed by atoms with Crippen LogP contribution >= 0.6 is 11.6 Å². The third-order valence-corrected chi connectivity index (χ3v) is 2.46. The predicted molar refractivity (Wildman–Crippen MR) is 62.9 cm³/mol. The number of nitrogens with zero attached hydrogens (tertiary/aromatic N) is 1. The second-order valence-electron chi connectivity index (χ2n) is 3.35. The van der Waals surface area contributed by atoms with Gasteiger partial charge in [0.05, 0.1) is 11.5 Å². The molecule has 0 aliphatic heterocycles. The van der Waals surface area contributed by atoms with Crippen molar-refractivity contribution in [3.05, 3.63) is 33.3 Å². The number of aliphatic hydroxyl groups is 1. The summed E-state index contributed by atoms with van der Waals surface area (Å²) in [6.07, 6.45) is 0.667. The van der Waals surface area contributed by atoms with Crippen molar-refractivity contribution in [2.45, 2.75) is 19.4 Å². The van der Waals surface area contributed by atoms with Gasteiger partial charge in [-0.3, -0.25) is 10.1 Å². The number of rotatable bonds is 5. The van der Waals surface area contributed by atoms with E-state index in [1.807, 2.05) is 6.92 Å². The van der Waals surface area contributed by atoms with E-state index in [9.17, 15) is 10.1 Å². The number of benzene rings is 1. The fourth-order valence-corrected chi connectivity index (χ4v) is 1.45. The minimum Gasteiger partial charge on any atom is -0.394 e. The molecule has 0 heterocycles. The Morgan fingerprint density at radius 3 is 2.81 bits per heavy atom. The van der Waals surface area contributed by atoms with Gasteiger partial charge in [0.15, 0.2) is 0 Å². The van der Waals surface area contributed by atoms with Crippen molar-refractivity contribution >= 4 is 23.0 Å². The van der Waals surface area contributed by atoms with Gasteiger partial charge in [0, 0.05) is 17.1 Å². The second kappa shape index (κ2) is 5.67. The first-order valence-electron chi connectivity index (χ1n) is 4.89. The molecule has 1 rings (SSSR count). The zero-order valence-electron chi connectivity index (χ0n) is 8.81. The number of nitrogens with one attached hydrogen (secondary N) is 1. The van der Waals surface area contributed by atoms with Crippen LogP contribution in [0.25, 0.3) is 0 Å². The van der Waals surface area contributed by atoms with Crippen molar-refractivity contribution in [2.75, 3.05) is 11.9 Å². The maximum atomic E-state index is 10.8. The quantitative estimate of drug-likeness (QED) is 0.616. The van der Waals surface area contributed by atoms with Gasteiger partial charge >= 0.3 is 0 Å². The summed E-state index contributed by atoms with van der Waals surface area (Å²) >= 11 is 5.77. The number of hydrogen-bond donors (Lipinski definition) is 2. The van der Waals surface area contributed by atoms with Gasteiger partial charge in [-0.15, -0.1) is 0 Å². The summed E-state index contributed by atoms with van der Waals surface area (Å²) in [7, 11) is 0. The highest BCUT2D eigenvalue weighted by Gasteiger charge is 2.16. The maximum Gasteiger partial charge on any atom is 0.292 e. The standard InChI is InChI=1S/C10H13ClN2O3/c1-2-8(6-14)12-9-5-7(11)3-4-10(9)13(15)16/h3-5,8,12,14H,2,6H2,1H3/t8-/m0/s1. The highest BCUT2D eigenvalue weighted by molar-refractivity contribution is 6.31. The molecule has 0 amide bonds. The molecule has 16 heavy (non-hydrogen) atoms. The lowest BCUT2D eigenvalue weighted by molar-refractivity contribution is -0.384. The number of anilines is 1. The van der Waals surface area contributed by atoms with Gasteiger partial charge in [0.1, 0.15) is 5.69 Å². The SMILES string of the molecule is CC[C@@H](CO)Nc1cc(Cl)ccc1[N+](=O)[O-]. The van der Waals surface area contributed by atoms with Crippen LogP contribution in [-0.4, -0.2) is 22.7 Å². The fraction of sp³-hybridized carbons (Fsp3) is 0.400. The van der Waals surface area contributed by atoms with E-state index in [0.717, 1.165) is 0 Å². The molecule has 0 spiro atoms. The molecule has 1 atom stereocenters. The van der Waals surface area contributed by atoms with Gasteiger partial charge in [-0.05, 0) is 18.6 Å². The van der Waals surface area contributed by atoms with E-state index in [1.165, 1.54) is 18.2 Å². The highest BCUT2D eigenvalue weighted by atomic mass is 35.5. The summed E-state index contributed by atoms with van der Waals surface area (Å²) in [6.45, 7) is 1.80. The number of aliphatic hydroxyl groups excluding tert-OH is 1. The third kappa shape index (κ3) is 3.08. The van der Waals surface area contributed by atoms with E-state index in [-0.39, 0.29) is 18.3 Å². The van der Waals surface area contributed by atoms with Gasteiger partial charge in [-0.1, -0.05) is 18.5 Å². The molecule has 0 bridgehead atoms. The largest absolute Gasteiger partial charge is 0.394 e. The van der Waals surface area contributed by atoms with Crippen LogP contribution in [0.4, 0.5) is 11.4 Å². The summed E-state index contributed by atoms with van der Waals surface area (Å²) in [5.41, 5.74) is 0.287. The van der Waals surface area contributed by atoms with Gasteiger partial charge in [-0.2, -0.15) is 0 Å². The smallest absolute Gasteiger partial charge is 0.292 e. The third-order valence-electron chi connectivity index (χ3n) is 2.23. The predicted octanol–water partition coefficient (Wildman–Crippen LogP) is 2.43. The molecule has 0 saturated heterocycles. The topological polar surface area (TPSA) is 75.4 Å². The van der Waals surface area contributed by atoms with Crippen LogP contribution in [0.15, 0.2) is 18.2 Å². The Kier molecular flexibility index (Phi) is 4.52. The summed E-state index contributed by atoms with van der Waals surface area (Å²) in [5, 5.41) is 23.1. The minimum atomic E-state index is -0.483. The lowest BCUT2D eigenvalue weighted by Crippen LogP contribution is -2.23. The van der Waals surface area contributed by atoms with Crippen molar-refractivity contribution in [1.29, 1.82) is 0 Å². The Hall–Kier alpha value is -1.33. The van der Waals surface area contributed by atoms with E-state index in [1.54, 1.807) is 0 Å². The fourth-order valence-electron chi connectivity index (χ4n) is 1.28. The van der Waals surface area contributed by atoms with Crippen LogP contribution in [0, 0.1) is 10.1 Å². The maximum absolute atomic E-state index is 10.8. The molecule has 6 heteroatoms. The highest BCUT2D eigenvalue weighted by Crippen LogP contribution is 2.28. The van der Waals surface area contributed by atoms with E-state index < -0.39 is 4.92 Å². The first-order valence-corrected chi connectivity index (χ1v) is 5.27.